The fourth-order valence-corrected chi connectivity index (χ4v) is 4.42. The molecular weight excluding hydrogens is 364 g/mol. The summed E-state index contributed by atoms with van der Waals surface area (Å²) in [7, 11) is 1.97. The van der Waals surface area contributed by atoms with Crippen molar-refractivity contribution in [3.63, 3.8) is 0 Å². The van der Waals surface area contributed by atoms with Gasteiger partial charge in [-0.1, -0.05) is 18.2 Å². The van der Waals surface area contributed by atoms with Crippen molar-refractivity contribution in [3.8, 4) is 0 Å². The summed E-state index contributed by atoms with van der Waals surface area (Å²) >= 11 is 0. The Bertz CT molecular complexity index is 1120. The minimum Gasteiger partial charge on any atom is -0.372 e. The summed E-state index contributed by atoms with van der Waals surface area (Å²) in [6.07, 6.45) is 1.37. The van der Waals surface area contributed by atoms with Crippen LogP contribution in [-0.2, 0) is 17.9 Å². The number of para-hydroxylation sites is 1. The molecule has 0 aliphatic carbocycles. The van der Waals surface area contributed by atoms with E-state index in [2.05, 4.69) is 34.1 Å². The van der Waals surface area contributed by atoms with Crippen molar-refractivity contribution in [2.24, 2.45) is 0 Å². The first kappa shape index (κ1) is 17.8. The SMILES string of the molecule is CN1CCC(=O)Nc2cc(C(=O)N3CCCn4c(cc5ccccc54)C3)ccc21. The lowest BCUT2D eigenvalue weighted by atomic mass is 10.1. The molecular formula is C23H24N4O2. The largest absolute Gasteiger partial charge is 0.372 e. The van der Waals surface area contributed by atoms with E-state index >= 15 is 0 Å². The van der Waals surface area contributed by atoms with E-state index in [1.54, 1.807) is 0 Å². The second-order valence-corrected chi connectivity index (χ2v) is 7.88. The molecule has 0 unspecified atom stereocenters. The Morgan fingerprint density at radius 2 is 1.90 bits per heavy atom. The van der Waals surface area contributed by atoms with Crippen molar-refractivity contribution in [1.29, 1.82) is 0 Å². The molecule has 0 saturated carbocycles. The molecule has 3 aromatic rings. The Morgan fingerprint density at radius 3 is 2.79 bits per heavy atom. The van der Waals surface area contributed by atoms with Crippen LogP contribution in [0.25, 0.3) is 10.9 Å². The molecule has 148 valence electrons. The first-order valence-electron chi connectivity index (χ1n) is 10.1. The molecule has 3 heterocycles. The Balaban J connectivity index is 1.45. The molecule has 1 aromatic heterocycles. The number of fused-ring (bicyclic) bond motifs is 4. The highest BCUT2D eigenvalue weighted by Crippen LogP contribution is 2.30. The summed E-state index contributed by atoms with van der Waals surface area (Å²) in [6.45, 7) is 2.90. The number of carbonyl (C=O) groups excluding carboxylic acids is 2. The van der Waals surface area contributed by atoms with Gasteiger partial charge in [0.25, 0.3) is 5.91 Å². The zero-order valence-corrected chi connectivity index (χ0v) is 16.5. The molecule has 0 saturated heterocycles. The maximum atomic E-state index is 13.3. The topological polar surface area (TPSA) is 57.6 Å². The molecule has 0 spiro atoms. The lowest BCUT2D eigenvalue weighted by molar-refractivity contribution is -0.115. The summed E-state index contributed by atoms with van der Waals surface area (Å²) in [6, 6.07) is 16.2. The number of nitrogens with one attached hydrogen (secondary N) is 1. The van der Waals surface area contributed by atoms with Gasteiger partial charge < -0.3 is 19.7 Å². The highest BCUT2D eigenvalue weighted by molar-refractivity contribution is 6.01. The maximum Gasteiger partial charge on any atom is 0.254 e. The van der Waals surface area contributed by atoms with Crippen LogP contribution < -0.4 is 10.2 Å². The van der Waals surface area contributed by atoms with Gasteiger partial charge in [-0.05, 0) is 42.1 Å². The van der Waals surface area contributed by atoms with Gasteiger partial charge >= 0.3 is 0 Å². The van der Waals surface area contributed by atoms with Crippen molar-refractivity contribution in [2.75, 3.05) is 30.4 Å². The van der Waals surface area contributed by atoms with E-state index in [0.29, 0.717) is 30.8 Å². The zero-order valence-electron chi connectivity index (χ0n) is 16.5. The second kappa shape index (κ2) is 6.95. The van der Waals surface area contributed by atoms with E-state index in [1.165, 1.54) is 16.6 Å². The van der Waals surface area contributed by atoms with E-state index in [9.17, 15) is 9.59 Å². The molecule has 2 aromatic carbocycles. The number of amides is 2. The fraction of sp³-hybridized carbons (Fsp3) is 0.304. The Hall–Kier alpha value is -3.28. The van der Waals surface area contributed by atoms with E-state index in [1.807, 2.05) is 41.1 Å². The molecule has 6 nitrogen and oxygen atoms in total. The fourth-order valence-electron chi connectivity index (χ4n) is 4.42. The number of aryl methyl sites for hydroxylation is 1. The lowest BCUT2D eigenvalue weighted by Crippen LogP contribution is -2.30. The molecule has 0 fully saturated rings. The normalized spacial score (nSPS) is 16.7. The number of hydrogen-bond acceptors (Lipinski definition) is 3. The summed E-state index contributed by atoms with van der Waals surface area (Å²) in [5, 5.41) is 4.16. The Kier molecular flexibility index (Phi) is 4.27. The minimum atomic E-state index is -0.0144. The van der Waals surface area contributed by atoms with Crippen molar-refractivity contribution in [2.45, 2.75) is 25.9 Å². The number of rotatable bonds is 1. The van der Waals surface area contributed by atoms with Crippen LogP contribution in [-0.4, -0.2) is 41.4 Å². The number of benzene rings is 2. The third-order valence-corrected chi connectivity index (χ3v) is 5.95. The van der Waals surface area contributed by atoms with Gasteiger partial charge in [0, 0.05) is 49.9 Å². The average Bonchev–Trinajstić information content (AvgIpc) is 2.85. The van der Waals surface area contributed by atoms with Gasteiger partial charge in [0.2, 0.25) is 5.91 Å². The molecule has 2 aliphatic heterocycles. The average molecular weight is 388 g/mol. The number of aromatic nitrogens is 1. The quantitative estimate of drug-likeness (QED) is 0.695. The van der Waals surface area contributed by atoms with Gasteiger partial charge in [0.1, 0.15) is 0 Å². The molecule has 2 aliphatic rings. The molecule has 0 bridgehead atoms. The molecule has 5 rings (SSSR count). The number of nitrogens with zero attached hydrogens (tertiary/aromatic N) is 3. The van der Waals surface area contributed by atoms with Crippen LogP contribution in [0.15, 0.2) is 48.5 Å². The molecule has 0 atom stereocenters. The van der Waals surface area contributed by atoms with Crippen molar-refractivity contribution < 1.29 is 9.59 Å². The van der Waals surface area contributed by atoms with E-state index in [0.717, 1.165) is 25.2 Å². The first-order valence-corrected chi connectivity index (χ1v) is 10.1. The third kappa shape index (κ3) is 3.14. The Labute approximate surface area is 169 Å². The van der Waals surface area contributed by atoms with Crippen LogP contribution in [0.3, 0.4) is 0 Å². The van der Waals surface area contributed by atoms with Crippen molar-refractivity contribution in [3.05, 3.63) is 59.8 Å². The molecule has 29 heavy (non-hydrogen) atoms. The van der Waals surface area contributed by atoms with E-state index < -0.39 is 0 Å². The predicted molar refractivity (Wildman–Crippen MR) is 114 cm³/mol. The Morgan fingerprint density at radius 1 is 1.03 bits per heavy atom. The molecule has 2 amide bonds. The van der Waals surface area contributed by atoms with Gasteiger partial charge in [0.15, 0.2) is 0 Å². The van der Waals surface area contributed by atoms with Crippen LogP contribution in [0.2, 0.25) is 0 Å². The van der Waals surface area contributed by atoms with Gasteiger partial charge in [0.05, 0.1) is 17.9 Å². The standard InChI is InChI=1S/C23H24N4O2/c1-25-12-9-22(28)24-19-14-17(7-8-21(19)25)23(29)26-10-4-11-27-18(15-26)13-16-5-2-3-6-20(16)27/h2-3,5-8,13-14H,4,9-12,15H2,1H3,(H,24,28). The summed E-state index contributed by atoms with van der Waals surface area (Å²) in [4.78, 5) is 29.3. The van der Waals surface area contributed by atoms with Gasteiger partial charge in [-0.3, -0.25) is 9.59 Å². The second-order valence-electron chi connectivity index (χ2n) is 7.88. The van der Waals surface area contributed by atoms with Crippen molar-refractivity contribution in [1.82, 2.24) is 9.47 Å². The number of carbonyl (C=O) groups is 2. The van der Waals surface area contributed by atoms with E-state index in [-0.39, 0.29) is 11.8 Å². The van der Waals surface area contributed by atoms with Gasteiger partial charge in [-0.2, -0.15) is 0 Å². The minimum absolute atomic E-state index is 0.00709. The molecule has 6 heteroatoms. The summed E-state index contributed by atoms with van der Waals surface area (Å²) in [5.74, 6) is -0.00727. The van der Waals surface area contributed by atoms with Gasteiger partial charge in [-0.25, -0.2) is 0 Å². The van der Waals surface area contributed by atoms with Gasteiger partial charge in [-0.15, -0.1) is 0 Å². The molecule has 0 radical (unpaired) electrons. The molecule has 1 N–H and O–H groups in total. The maximum absolute atomic E-state index is 13.3. The number of hydrogen-bond donors (Lipinski definition) is 1. The third-order valence-electron chi connectivity index (χ3n) is 5.95. The van der Waals surface area contributed by atoms with Crippen LogP contribution in [0, 0.1) is 0 Å². The van der Waals surface area contributed by atoms with E-state index in [4.69, 9.17) is 0 Å². The summed E-state index contributed by atoms with van der Waals surface area (Å²) < 4.78 is 2.33. The van der Waals surface area contributed by atoms with Crippen LogP contribution in [0.5, 0.6) is 0 Å². The highest BCUT2D eigenvalue weighted by atomic mass is 16.2. The van der Waals surface area contributed by atoms with Crippen molar-refractivity contribution >= 4 is 34.1 Å². The van der Waals surface area contributed by atoms with Crippen LogP contribution in [0.1, 0.15) is 28.9 Å². The predicted octanol–water partition coefficient (Wildman–Crippen LogP) is 3.47. The lowest BCUT2D eigenvalue weighted by Gasteiger charge is -2.22. The van der Waals surface area contributed by atoms with Crippen LogP contribution >= 0.6 is 0 Å². The zero-order chi connectivity index (χ0) is 20.0. The van der Waals surface area contributed by atoms with Crippen LogP contribution in [0.4, 0.5) is 11.4 Å². The highest BCUT2D eigenvalue weighted by Gasteiger charge is 2.24. The number of anilines is 2. The summed E-state index contributed by atoms with van der Waals surface area (Å²) in [5.41, 5.74) is 4.67. The monoisotopic (exact) mass is 388 g/mol. The smallest absolute Gasteiger partial charge is 0.254 e. The first-order chi connectivity index (χ1) is 14.1.